The van der Waals surface area contributed by atoms with E-state index in [-0.39, 0.29) is 0 Å². The van der Waals surface area contributed by atoms with Crippen molar-refractivity contribution in [2.75, 3.05) is 13.1 Å². The van der Waals surface area contributed by atoms with Crippen molar-refractivity contribution < 1.29 is 13.2 Å². The Bertz CT molecular complexity index is 69.1. The van der Waals surface area contributed by atoms with Gasteiger partial charge in [-0.25, -0.2) is 0 Å². The van der Waals surface area contributed by atoms with Gasteiger partial charge >= 0.3 is 6.18 Å². The zero-order valence-electron chi connectivity index (χ0n) is 4.96. The third-order valence-electron chi connectivity index (χ3n) is 0.679. The predicted octanol–water partition coefficient (Wildman–Crippen LogP) is 1.36. The van der Waals surface area contributed by atoms with Crippen LogP contribution in [-0.4, -0.2) is 19.3 Å². The molecule has 1 radical (unpaired) electrons. The van der Waals surface area contributed by atoms with Crippen molar-refractivity contribution in [2.24, 2.45) is 0 Å². The zero-order valence-corrected chi connectivity index (χ0v) is 4.96. The lowest BCUT2D eigenvalue weighted by molar-refractivity contribution is -0.124. The Kier molecular flexibility index (Phi) is 3.61. The molecule has 0 aromatic rings. The van der Waals surface area contributed by atoms with Gasteiger partial charge in [-0.2, -0.15) is 13.2 Å². The van der Waals surface area contributed by atoms with E-state index in [1.807, 2.05) is 0 Å². The third-order valence-corrected chi connectivity index (χ3v) is 0.679. The fraction of sp³-hybridized carbons (Fsp3) is 0.800. The molecule has 9 heavy (non-hydrogen) atoms. The molecule has 0 saturated carbocycles. The van der Waals surface area contributed by atoms with E-state index in [4.69, 9.17) is 0 Å². The molecule has 0 spiro atoms. The minimum atomic E-state index is -4.09. The summed E-state index contributed by atoms with van der Waals surface area (Å²) in [6.07, 6.45) is -3.61. The predicted molar refractivity (Wildman–Crippen MR) is 28.9 cm³/mol. The van der Waals surface area contributed by atoms with Crippen LogP contribution < -0.4 is 5.32 Å². The quantitative estimate of drug-likeness (QED) is 0.583. The molecule has 0 rings (SSSR count). The van der Waals surface area contributed by atoms with Gasteiger partial charge in [0.25, 0.3) is 0 Å². The SMILES string of the molecule is [CH2]CCNCC(F)(F)F. The summed E-state index contributed by atoms with van der Waals surface area (Å²) >= 11 is 0. The Morgan fingerprint density at radius 2 is 1.89 bits per heavy atom. The van der Waals surface area contributed by atoms with Crippen LogP contribution in [0.1, 0.15) is 6.42 Å². The van der Waals surface area contributed by atoms with Crippen molar-refractivity contribution >= 4 is 0 Å². The summed E-state index contributed by atoms with van der Waals surface area (Å²) in [5, 5.41) is 2.19. The second kappa shape index (κ2) is 3.71. The van der Waals surface area contributed by atoms with E-state index in [2.05, 4.69) is 12.2 Å². The number of hydrogen-bond acceptors (Lipinski definition) is 1. The highest BCUT2D eigenvalue weighted by molar-refractivity contribution is 4.55. The second-order valence-electron chi connectivity index (χ2n) is 1.65. The molecule has 0 aliphatic carbocycles. The highest BCUT2D eigenvalue weighted by atomic mass is 19.4. The van der Waals surface area contributed by atoms with E-state index < -0.39 is 12.7 Å². The fourth-order valence-corrected chi connectivity index (χ4v) is 0.355. The lowest BCUT2D eigenvalue weighted by Gasteiger charge is -2.05. The fourth-order valence-electron chi connectivity index (χ4n) is 0.355. The maximum atomic E-state index is 11.3. The number of halogens is 3. The van der Waals surface area contributed by atoms with Gasteiger partial charge in [0, 0.05) is 0 Å². The maximum absolute atomic E-state index is 11.3. The molecule has 0 fully saturated rings. The van der Waals surface area contributed by atoms with Crippen molar-refractivity contribution in [1.82, 2.24) is 5.32 Å². The molecule has 0 aliphatic rings. The van der Waals surface area contributed by atoms with E-state index >= 15 is 0 Å². The van der Waals surface area contributed by atoms with Crippen molar-refractivity contribution in [3.05, 3.63) is 6.92 Å². The van der Waals surface area contributed by atoms with E-state index in [0.717, 1.165) is 0 Å². The molecule has 55 valence electrons. The summed E-state index contributed by atoms with van der Waals surface area (Å²) in [5.41, 5.74) is 0. The molecule has 0 saturated heterocycles. The molecule has 0 bridgehead atoms. The van der Waals surface area contributed by atoms with Crippen LogP contribution in [0.4, 0.5) is 13.2 Å². The molecule has 0 unspecified atom stereocenters. The normalized spacial score (nSPS) is 12.0. The van der Waals surface area contributed by atoms with Crippen molar-refractivity contribution in [3.8, 4) is 0 Å². The van der Waals surface area contributed by atoms with Crippen LogP contribution in [0.3, 0.4) is 0 Å². The molecule has 0 aromatic carbocycles. The molecular weight excluding hydrogens is 131 g/mol. The first-order valence-electron chi connectivity index (χ1n) is 2.63. The zero-order chi connectivity index (χ0) is 7.33. The summed E-state index contributed by atoms with van der Waals surface area (Å²) in [6, 6.07) is 0. The molecule has 0 atom stereocenters. The Morgan fingerprint density at radius 3 is 2.22 bits per heavy atom. The molecule has 1 nitrogen and oxygen atoms in total. The summed E-state index contributed by atoms with van der Waals surface area (Å²) in [4.78, 5) is 0. The Balaban J connectivity index is 3.07. The Labute approximate surface area is 52.2 Å². The van der Waals surface area contributed by atoms with Crippen LogP contribution in [0.15, 0.2) is 0 Å². The van der Waals surface area contributed by atoms with E-state index in [0.29, 0.717) is 13.0 Å². The molecule has 4 heteroatoms. The summed E-state index contributed by atoms with van der Waals surface area (Å²) in [7, 11) is 0. The smallest absolute Gasteiger partial charge is 0.309 e. The van der Waals surface area contributed by atoms with Crippen LogP contribution in [0.2, 0.25) is 0 Å². The van der Waals surface area contributed by atoms with Crippen LogP contribution in [0, 0.1) is 6.92 Å². The molecular formula is C5H9F3N. The topological polar surface area (TPSA) is 12.0 Å². The van der Waals surface area contributed by atoms with Crippen LogP contribution in [-0.2, 0) is 0 Å². The van der Waals surface area contributed by atoms with Gasteiger partial charge in [-0.1, -0.05) is 6.92 Å². The molecule has 0 heterocycles. The van der Waals surface area contributed by atoms with Gasteiger partial charge in [-0.15, -0.1) is 0 Å². The summed E-state index contributed by atoms with van der Waals surface area (Å²) in [6.45, 7) is 2.78. The van der Waals surface area contributed by atoms with Gasteiger partial charge in [-0.3, -0.25) is 0 Å². The highest BCUT2D eigenvalue weighted by Crippen LogP contribution is 2.11. The standard InChI is InChI=1S/C5H9F3N/c1-2-3-9-4-5(6,7)8/h9H,1-4H2. The van der Waals surface area contributed by atoms with Crippen LogP contribution >= 0.6 is 0 Å². The van der Waals surface area contributed by atoms with Gasteiger partial charge in [0.05, 0.1) is 6.54 Å². The number of nitrogens with one attached hydrogen (secondary N) is 1. The Hall–Kier alpha value is -0.250. The van der Waals surface area contributed by atoms with E-state index in [9.17, 15) is 13.2 Å². The highest BCUT2D eigenvalue weighted by Gasteiger charge is 2.25. The van der Waals surface area contributed by atoms with E-state index in [1.54, 1.807) is 0 Å². The van der Waals surface area contributed by atoms with Crippen molar-refractivity contribution in [1.29, 1.82) is 0 Å². The van der Waals surface area contributed by atoms with Crippen LogP contribution in [0.5, 0.6) is 0 Å². The third kappa shape index (κ3) is 7.75. The largest absolute Gasteiger partial charge is 0.401 e. The lowest BCUT2D eigenvalue weighted by atomic mass is 10.5. The lowest BCUT2D eigenvalue weighted by Crippen LogP contribution is -2.29. The van der Waals surface area contributed by atoms with E-state index in [1.165, 1.54) is 0 Å². The average molecular weight is 140 g/mol. The minimum absolute atomic E-state index is 0.319. The van der Waals surface area contributed by atoms with Crippen molar-refractivity contribution in [2.45, 2.75) is 12.6 Å². The first kappa shape index (κ1) is 8.75. The molecule has 0 aliphatic heterocycles. The van der Waals surface area contributed by atoms with Gasteiger partial charge < -0.3 is 5.32 Å². The Morgan fingerprint density at radius 1 is 1.33 bits per heavy atom. The number of rotatable bonds is 3. The van der Waals surface area contributed by atoms with Gasteiger partial charge in [0.15, 0.2) is 0 Å². The summed E-state index contributed by atoms with van der Waals surface area (Å²) < 4.78 is 33.9. The first-order valence-corrected chi connectivity index (χ1v) is 2.63. The van der Waals surface area contributed by atoms with Gasteiger partial charge in [-0.05, 0) is 13.0 Å². The van der Waals surface area contributed by atoms with Crippen LogP contribution in [0.25, 0.3) is 0 Å². The monoisotopic (exact) mass is 140 g/mol. The summed E-state index contributed by atoms with van der Waals surface area (Å²) in [5.74, 6) is 0. The second-order valence-corrected chi connectivity index (χ2v) is 1.65. The first-order chi connectivity index (χ1) is 4.06. The average Bonchev–Trinajstić information content (AvgIpc) is 1.63. The van der Waals surface area contributed by atoms with Gasteiger partial charge in [0.1, 0.15) is 0 Å². The van der Waals surface area contributed by atoms with Gasteiger partial charge in [0.2, 0.25) is 0 Å². The molecule has 0 amide bonds. The number of hydrogen-bond donors (Lipinski definition) is 1. The maximum Gasteiger partial charge on any atom is 0.401 e. The molecule has 1 N–H and O–H groups in total. The minimum Gasteiger partial charge on any atom is -0.309 e. The molecule has 0 aromatic heterocycles. The number of alkyl halides is 3. The van der Waals surface area contributed by atoms with Crippen molar-refractivity contribution in [3.63, 3.8) is 0 Å².